The van der Waals surface area contributed by atoms with Gasteiger partial charge in [-0.3, -0.25) is 9.69 Å². The van der Waals surface area contributed by atoms with Gasteiger partial charge in [-0.1, -0.05) is 19.1 Å². The molecule has 0 fully saturated rings. The first-order chi connectivity index (χ1) is 15.6. The molecular weight excluding hydrogens is 428 g/mol. The molecule has 0 spiro atoms. The second-order valence-electron chi connectivity index (χ2n) is 7.96. The number of aliphatic hydroxyl groups is 1. The maximum atomic E-state index is 13.4. The maximum Gasteiger partial charge on any atom is 0.237 e. The second-order valence-corrected chi connectivity index (χ2v) is 8.96. The smallest absolute Gasteiger partial charge is 0.237 e. The largest absolute Gasteiger partial charge is 0.493 e. The van der Waals surface area contributed by atoms with Gasteiger partial charge < -0.3 is 24.2 Å². The van der Waals surface area contributed by atoms with Crippen molar-refractivity contribution in [1.29, 1.82) is 0 Å². The van der Waals surface area contributed by atoms with Crippen LogP contribution in [0.4, 0.5) is 0 Å². The molecule has 176 valence electrons. The number of methoxy groups -OCH3 is 2. The van der Waals surface area contributed by atoms with Crippen molar-refractivity contribution in [2.45, 2.75) is 31.9 Å². The summed E-state index contributed by atoms with van der Waals surface area (Å²) in [6.45, 7) is 4.76. The summed E-state index contributed by atoms with van der Waals surface area (Å²) >= 11 is 1.73. The van der Waals surface area contributed by atoms with Crippen LogP contribution in [-0.2, 0) is 16.0 Å². The molecule has 1 aromatic carbocycles. The molecule has 0 unspecified atom stereocenters. The minimum Gasteiger partial charge on any atom is -0.493 e. The average Bonchev–Trinajstić information content (AvgIpc) is 3.27. The number of benzene rings is 1. The minimum absolute atomic E-state index is 0.0496. The summed E-state index contributed by atoms with van der Waals surface area (Å²) in [5.74, 6) is 1.39. The fourth-order valence-corrected chi connectivity index (χ4v) is 5.09. The third-order valence-corrected chi connectivity index (χ3v) is 6.60. The topological polar surface area (TPSA) is 71.5 Å². The van der Waals surface area contributed by atoms with E-state index in [0.29, 0.717) is 31.2 Å². The van der Waals surface area contributed by atoms with Crippen molar-refractivity contribution in [2.75, 3.05) is 53.6 Å². The number of amides is 1. The normalized spacial score (nSPS) is 16.7. The minimum atomic E-state index is -0.617. The van der Waals surface area contributed by atoms with Crippen LogP contribution in [0.15, 0.2) is 35.7 Å². The molecule has 2 aromatic rings. The van der Waals surface area contributed by atoms with Gasteiger partial charge in [0.25, 0.3) is 0 Å². The molecule has 0 radical (unpaired) electrons. The second kappa shape index (κ2) is 12.2. The van der Waals surface area contributed by atoms with Gasteiger partial charge in [0.15, 0.2) is 11.5 Å². The average molecular weight is 463 g/mol. The van der Waals surface area contributed by atoms with Crippen molar-refractivity contribution in [2.24, 2.45) is 0 Å². The Labute approximate surface area is 194 Å². The number of aliphatic hydroxyl groups excluding tert-OH is 1. The van der Waals surface area contributed by atoms with Crippen molar-refractivity contribution in [3.8, 4) is 11.5 Å². The fourth-order valence-electron chi connectivity index (χ4n) is 4.16. The predicted molar refractivity (Wildman–Crippen MR) is 126 cm³/mol. The molecule has 0 saturated heterocycles. The summed E-state index contributed by atoms with van der Waals surface area (Å²) in [5.41, 5.74) is 1.16. The third kappa shape index (κ3) is 6.22. The number of carbonyl (C=O) groups is 1. The quantitative estimate of drug-likeness (QED) is 0.523. The van der Waals surface area contributed by atoms with Gasteiger partial charge in [0, 0.05) is 25.1 Å². The molecule has 1 aromatic heterocycles. The number of ether oxygens (including phenoxy) is 3. The molecule has 1 amide bonds. The number of carbonyl (C=O) groups excluding carboxylic acids is 1. The predicted octanol–water partition coefficient (Wildman–Crippen LogP) is 2.98. The molecular formula is C24H34N2O5S. The van der Waals surface area contributed by atoms with E-state index in [9.17, 15) is 9.90 Å². The number of rotatable bonds is 12. The Hall–Kier alpha value is -2.13. The molecule has 0 bridgehead atoms. The lowest BCUT2D eigenvalue weighted by Gasteiger charge is -2.37. The van der Waals surface area contributed by atoms with Crippen LogP contribution in [0.3, 0.4) is 0 Å². The van der Waals surface area contributed by atoms with E-state index in [2.05, 4.69) is 18.4 Å². The highest BCUT2D eigenvalue weighted by Crippen LogP contribution is 2.35. The van der Waals surface area contributed by atoms with E-state index in [0.717, 1.165) is 24.9 Å². The van der Waals surface area contributed by atoms with E-state index in [4.69, 9.17) is 14.2 Å². The van der Waals surface area contributed by atoms with Crippen molar-refractivity contribution < 1.29 is 24.1 Å². The van der Waals surface area contributed by atoms with Gasteiger partial charge >= 0.3 is 0 Å². The zero-order valence-corrected chi connectivity index (χ0v) is 20.0. The van der Waals surface area contributed by atoms with Crippen LogP contribution in [0, 0.1) is 0 Å². The number of fused-ring (bicyclic) bond motifs is 1. The van der Waals surface area contributed by atoms with Crippen LogP contribution in [0.5, 0.6) is 11.5 Å². The first-order valence-electron chi connectivity index (χ1n) is 11.1. The number of hydrogen-bond donors (Lipinski definition) is 1. The zero-order chi connectivity index (χ0) is 22.9. The first-order valence-corrected chi connectivity index (χ1v) is 12.0. The van der Waals surface area contributed by atoms with Crippen molar-refractivity contribution in [1.82, 2.24) is 9.80 Å². The van der Waals surface area contributed by atoms with Gasteiger partial charge in [0.1, 0.15) is 6.61 Å². The van der Waals surface area contributed by atoms with Crippen molar-refractivity contribution in [3.63, 3.8) is 0 Å². The summed E-state index contributed by atoms with van der Waals surface area (Å²) in [6.07, 6.45) is 1.14. The van der Waals surface area contributed by atoms with Gasteiger partial charge in [0.2, 0.25) is 5.91 Å². The molecule has 7 nitrogen and oxygen atoms in total. The number of hydrogen-bond acceptors (Lipinski definition) is 7. The summed E-state index contributed by atoms with van der Waals surface area (Å²) in [5, 5.41) is 12.2. The van der Waals surface area contributed by atoms with Gasteiger partial charge in [-0.25, -0.2) is 0 Å². The molecule has 1 aliphatic heterocycles. The van der Waals surface area contributed by atoms with Gasteiger partial charge in [-0.05, 0) is 48.5 Å². The van der Waals surface area contributed by atoms with Crippen LogP contribution in [0.1, 0.15) is 29.8 Å². The summed E-state index contributed by atoms with van der Waals surface area (Å²) in [4.78, 5) is 18.6. The van der Waals surface area contributed by atoms with Gasteiger partial charge in [-0.2, -0.15) is 0 Å². The van der Waals surface area contributed by atoms with E-state index < -0.39 is 6.10 Å². The highest BCUT2D eigenvalue weighted by molar-refractivity contribution is 7.10. The Morgan fingerprint density at radius 2 is 2.06 bits per heavy atom. The van der Waals surface area contributed by atoms with Crippen LogP contribution in [-0.4, -0.2) is 80.5 Å². The summed E-state index contributed by atoms with van der Waals surface area (Å²) < 4.78 is 16.6. The molecule has 1 N–H and O–H groups in total. The highest BCUT2D eigenvalue weighted by atomic mass is 32.1. The Morgan fingerprint density at radius 3 is 2.78 bits per heavy atom. The monoisotopic (exact) mass is 462 g/mol. The lowest BCUT2D eigenvalue weighted by Crippen LogP contribution is -2.48. The number of nitrogens with zero attached hydrogens (tertiary/aromatic N) is 2. The molecule has 0 aliphatic carbocycles. The van der Waals surface area contributed by atoms with E-state index in [-0.39, 0.29) is 25.1 Å². The maximum absolute atomic E-state index is 13.4. The van der Waals surface area contributed by atoms with Crippen molar-refractivity contribution in [3.05, 3.63) is 46.2 Å². The Kier molecular flexibility index (Phi) is 9.35. The Bertz CT molecular complexity index is 858. The van der Waals surface area contributed by atoms with Gasteiger partial charge in [0.05, 0.1) is 32.4 Å². The van der Waals surface area contributed by atoms with Crippen LogP contribution < -0.4 is 9.47 Å². The lowest BCUT2D eigenvalue weighted by molar-refractivity contribution is -0.136. The molecule has 0 saturated carbocycles. The highest BCUT2D eigenvalue weighted by Gasteiger charge is 2.33. The van der Waals surface area contributed by atoms with E-state index in [1.807, 2.05) is 34.1 Å². The van der Waals surface area contributed by atoms with Crippen molar-refractivity contribution >= 4 is 17.2 Å². The standard InChI is InChI=1S/C24H34N2O5S/c1-4-11-25(14-18(27)16-29-2)15-24(28)26-12-9-23-19(10-13-32-23)20(26)17-31-22-8-6-5-7-21(22)30-3/h5-8,10,13,18,20,27H,4,9,11-12,14-17H2,1-3H3/t18-,20+/m1/s1. The zero-order valence-electron chi connectivity index (χ0n) is 19.2. The van der Waals surface area contributed by atoms with E-state index in [1.165, 1.54) is 4.88 Å². The van der Waals surface area contributed by atoms with Gasteiger partial charge in [-0.15, -0.1) is 11.3 Å². The lowest BCUT2D eigenvalue weighted by atomic mass is 10.0. The van der Waals surface area contributed by atoms with Crippen LogP contribution >= 0.6 is 11.3 Å². The fraction of sp³-hybridized carbons (Fsp3) is 0.542. The van der Waals surface area contributed by atoms with E-state index in [1.54, 1.807) is 25.6 Å². The van der Waals surface area contributed by atoms with Crippen LogP contribution in [0.2, 0.25) is 0 Å². The Balaban J connectivity index is 1.73. The SMILES string of the molecule is CCCN(CC(=O)N1CCc2sccc2[C@@H]1COc1ccccc1OC)C[C@@H](O)COC. The Morgan fingerprint density at radius 1 is 1.28 bits per heavy atom. The number of thiophene rings is 1. The van der Waals surface area contributed by atoms with E-state index >= 15 is 0 Å². The first kappa shape index (κ1) is 24.5. The molecule has 8 heteroatoms. The molecule has 2 atom stereocenters. The molecule has 3 rings (SSSR count). The molecule has 32 heavy (non-hydrogen) atoms. The summed E-state index contributed by atoms with van der Waals surface area (Å²) in [7, 11) is 3.19. The number of para-hydroxylation sites is 2. The summed E-state index contributed by atoms with van der Waals surface area (Å²) in [6, 6.07) is 9.49. The van der Waals surface area contributed by atoms with Crippen LogP contribution in [0.25, 0.3) is 0 Å². The molecule has 1 aliphatic rings. The molecule has 2 heterocycles. The third-order valence-electron chi connectivity index (χ3n) is 5.61.